The Morgan fingerprint density at radius 1 is 1.07 bits per heavy atom. The van der Waals surface area contributed by atoms with Crippen molar-refractivity contribution < 1.29 is 24.1 Å². The normalized spacial score (nSPS) is 16.9. The third kappa shape index (κ3) is 7.71. The fourth-order valence-electron chi connectivity index (χ4n) is 6.00. The molecule has 0 saturated carbocycles. The number of nitrogen functional groups attached to an aromatic ring is 1. The predicted molar refractivity (Wildman–Crippen MR) is 181 cm³/mol. The molecular formula is C35H43N5O5Si. The molecule has 2 aromatic heterocycles. The summed E-state index contributed by atoms with van der Waals surface area (Å²) in [5.41, 5.74) is 9.91. The van der Waals surface area contributed by atoms with Crippen LogP contribution in [0.5, 0.6) is 17.2 Å². The Morgan fingerprint density at radius 2 is 1.83 bits per heavy atom. The number of benzene rings is 2. The maximum atomic E-state index is 11.4. The maximum absolute atomic E-state index is 11.4. The Morgan fingerprint density at radius 3 is 2.54 bits per heavy atom. The minimum absolute atomic E-state index is 0.0310. The summed E-state index contributed by atoms with van der Waals surface area (Å²) in [5.74, 6) is 2.62. The van der Waals surface area contributed by atoms with Gasteiger partial charge in [-0.3, -0.25) is 4.79 Å². The molecule has 1 fully saturated rings. The van der Waals surface area contributed by atoms with Crippen LogP contribution in [0.2, 0.25) is 25.7 Å². The number of carbonyl (C=O) groups is 1. The molecule has 0 radical (unpaired) electrons. The molecule has 11 heteroatoms. The standard InChI is InChI=1S/C35H43N5O5Si/c1-46(2,3)17-16-43-23-40-21-31(24-4-6-28(7-5-24)39-14-11-25(12-15-39)35(41)42)38-34(40)27-18-26-19-29(8-9-32(26)44-22-27)45-30-10-13-37-33(36)20-30/h4-10,13,19-21,25,27H,11-12,14-18,22-23H2,1-3H3,(H2,36,37)(H,41,42). The summed E-state index contributed by atoms with van der Waals surface area (Å²) >= 11 is 0. The third-order valence-electron chi connectivity index (χ3n) is 8.70. The SMILES string of the molecule is C[Si](C)(C)CCOCn1cc(-c2ccc(N3CCC(C(=O)O)CC3)cc2)nc1C1COc2ccc(Oc3ccnc(N)c3)cc2C1. The molecule has 242 valence electrons. The lowest BCUT2D eigenvalue weighted by Crippen LogP contribution is -2.36. The van der Waals surface area contributed by atoms with Crippen LogP contribution in [-0.4, -0.2) is 60.0 Å². The van der Waals surface area contributed by atoms with E-state index in [9.17, 15) is 9.90 Å². The Balaban J connectivity index is 1.21. The number of anilines is 2. The number of aliphatic carboxylic acids is 1. The fourth-order valence-corrected chi connectivity index (χ4v) is 6.75. The van der Waals surface area contributed by atoms with Crippen LogP contribution in [0, 0.1) is 5.92 Å². The third-order valence-corrected chi connectivity index (χ3v) is 10.4. The lowest BCUT2D eigenvalue weighted by atomic mass is 9.95. The molecule has 0 spiro atoms. The van der Waals surface area contributed by atoms with Gasteiger partial charge in [-0.05, 0) is 67.3 Å². The molecule has 1 atom stereocenters. The highest BCUT2D eigenvalue weighted by atomic mass is 28.3. The van der Waals surface area contributed by atoms with Crippen LogP contribution >= 0.6 is 0 Å². The van der Waals surface area contributed by atoms with Gasteiger partial charge in [0.05, 0.1) is 24.1 Å². The van der Waals surface area contributed by atoms with Gasteiger partial charge in [-0.2, -0.15) is 0 Å². The van der Waals surface area contributed by atoms with Crippen molar-refractivity contribution in [2.45, 2.75) is 57.6 Å². The van der Waals surface area contributed by atoms with Crippen LogP contribution in [0.3, 0.4) is 0 Å². The molecule has 0 aliphatic carbocycles. The van der Waals surface area contributed by atoms with E-state index in [0.717, 1.165) is 66.2 Å². The molecule has 3 N–H and O–H groups in total. The molecule has 4 aromatic rings. The second-order valence-electron chi connectivity index (χ2n) is 13.4. The van der Waals surface area contributed by atoms with Crippen molar-refractivity contribution >= 4 is 25.5 Å². The van der Waals surface area contributed by atoms with Gasteiger partial charge >= 0.3 is 5.97 Å². The van der Waals surface area contributed by atoms with E-state index in [0.29, 0.717) is 43.5 Å². The number of ether oxygens (including phenoxy) is 3. The van der Waals surface area contributed by atoms with E-state index < -0.39 is 14.0 Å². The van der Waals surface area contributed by atoms with Crippen molar-refractivity contribution in [3.05, 3.63) is 78.4 Å². The first-order valence-electron chi connectivity index (χ1n) is 16.0. The van der Waals surface area contributed by atoms with E-state index in [4.69, 9.17) is 24.9 Å². The molecule has 2 aliphatic heterocycles. The van der Waals surface area contributed by atoms with Crippen LogP contribution in [-0.2, 0) is 22.7 Å². The number of nitrogens with zero attached hydrogens (tertiary/aromatic N) is 4. The summed E-state index contributed by atoms with van der Waals surface area (Å²) in [5, 5.41) is 9.35. The molecular weight excluding hydrogens is 599 g/mol. The van der Waals surface area contributed by atoms with Gasteiger partial charge in [0.2, 0.25) is 0 Å². The molecule has 2 aliphatic rings. The number of hydrogen-bond donors (Lipinski definition) is 2. The second-order valence-corrected chi connectivity index (χ2v) is 19.1. The maximum Gasteiger partial charge on any atom is 0.306 e. The van der Waals surface area contributed by atoms with Crippen molar-refractivity contribution in [2.24, 2.45) is 5.92 Å². The van der Waals surface area contributed by atoms with E-state index in [1.165, 1.54) is 0 Å². The Labute approximate surface area is 271 Å². The Bertz CT molecular complexity index is 1660. The predicted octanol–water partition coefficient (Wildman–Crippen LogP) is 6.65. The lowest BCUT2D eigenvalue weighted by molar-refractivity contribution is -0.142. The smallest absolute Gasteiger partial charge is 0.306 e. The average molecular weight is 642 g/mol. The van der Waals surface area contributed by atoms with Crippen LogP contribution < -0.4 is 20.1 Å². The number of imidazole rings is 1. The lowest BCUT2D eigenvalue weighted by Gasteiger charge is -2.32. The van der Waals surface area contributed by atoms with Crippen molar-refractivity contribution in [1.82, 2.24) is 14.5 Å². The summed E-state index contributed by atoms with van der Waals surface area (Å²) in [6.45, 7) is 10.2. The summed E-state index contributed by atoms with van der Waals surface area (Å²) in [6, 6.07) is 18.9. The number of piperidine rings is 1. The van der Waals surface area contributed by atoms with Gasteiger partial charge in [0.25, 0.3) is 0 Å². The number of hydrogen-bond acceptors (Lipinski definition) is 8. The zero-order valence-electron chi connectivity index (χ0n) is 26.8. The summed E-state index contributed by atoms with van der Waals surface area (Å²) in [4.78, 5) is 22.8. The highest BCUT2D eigenvalue weighted by Gasteiger charge is 2.28. The molecule has 10 nitrogen and oxygen atoms in total. The number of rotatable bonds is 11. The zero-order valence-corrected chi connectivity index (χ0v) is 27.8. The van der Waals surface area contributed by atoms with Crippen molar-refractivity contribution in [2.75, 3.05) is 36.9 Å². The number of carboxylic acids is 1. The van der Waals surface area contributed by atoms with Crippen molar-refractivity contribution in [1.29, 1.82) is 0 Å². The van der Waals surface area contributed by atoms with E-state index in [1.807, 2.05) is 18.2 Å². The summed E-state index contributed by atoms with van der Waals surface area (Å²) in [6.07, 6.45) is 5.80. The van der Waals surface area contributed by atoms with Crippen LogP contribution in [0.15, 0.2) is 67.0 Å². The monoisotopic (exact) mass is 641 g/mol. The first kappa shape index (κ1) is 31.6. The minimum atomic E-state index is -1.22. The summed E-state index contributed by atoms with van der Waals surface area (Å²) in [7, 11) is -1.22. The second kappa shape index (κ2) is 13.6. The minimum Gasteiger partial charge on any atom is -0.493 e. The quantitative estimate of drug-likeness (QED) is 0.137. The first-order chi connectivity index (χ1) is 22.1. The average Bonchev–Trinajstić information content (AvgIpc) is 3.47. The van der Waals surface area contributed by atoms with Gasteiger partial charge in [-0.1, -0.05) is 31.8 Å². The van der Waals surface area contributed by atoms with Crippen LogP contribution in [0.25, 0.3) is 11.3 Å². The Kier molecular flexibility index (Phi) is 9.32. The van der Waals surface area contributed by atoms with Gasteiger partial charge in [-0.25, -0.2) is 9.97 Å². The molecule has 6 rings (SSSR count). The number of aromatic nitrogens is 3. The fraction of sp³-hybridized carbons (Fsp3) is 0.400. The van der Waals surface area contributed by atoms with Crippen molar-refractivity contribution in [3.63, 3.8) is 0 Å². The van der Waals surface area contributed by atoms with Crippen LogP contribution in [0.1, 0.15) is 30.1 Å². The van der Waals surface area contributed by atoms with Crippen LogP contribution in [0.4, 0.5) is 11.5 Å². The van der Waals surface area contributed by atoms with Gasteiger partial charge < -0.3 is 34.5 Å². The number of pyridine rings is 1. The van der Waals surface area contributed by atoms with E-state index in [1.54, 1.807) is 18.3 Å². The zero-order chi connectivity index (χ0) is 32.3. The molecule has 2 aromatic carbocycles. The largest absolute Gasteiger partial charge is 0.493 e. The number of nitrogens with two attached hydrogens (primary N) is 1. The Hall–Kier alpha value is -4.35. The van der Waals surface area contributed by atoms with E-state index >= 15 is 0 Å². The highest BCUT2D eigenvalue weighted by Crippen LogP contribution is 2.37. The van der Waals surface area contributed by atoms with E-state index in [2.05, 4.69) is 64.6 Å². The topological polar surface area (TPSA) is 125 Å². The molecule has 1 unspecified atom stereocenters. The van der Waals surface area contributed by atoms with Gasteiger partial charge in [0, 0.05) is 57.5 Å². The first-order valence-corrected chi connectivity index (χ1v) is 19.7. The number of carboxylic acid groups (broad SMARTS) is 1. The number of fused-ring (bicyclic) bond motifs is 1. The molecule has 0 bridgehead atoms. The molecule has 4 heterocycles. The highest BCUT2D eigenvalue weighted by molar-refractivity contribution is 6.76. The summed E-state index contributed by atoms with van der Waals surface area (Å²) < 4.78 is 20.6. The van der Waals surface area contributed by atoms with Crippen molar-refractivity contribution in [3.8, 4) is 28.5 Å². The van der Waals surface area contributed by atoms with E-state index in [-0.39, 0.29) is 11.8 Å². The molecule has 46 heavy (non-hydrogen) atoms. The molecule has 0 amide bonds. The van der Waals surface area contributed by atoms with Gasteiger partial charge in [-0.15, -0.1) is 0 Å². The molecule has 1 saturated heterocycles. The van der Waals surface area contributed by atoms with Gasteiger partial charge in [0.15, 0.2) is 0 Å². The van der Waals surface area contributed by atoms with Gasteiger partial charge in [0.1, 0.15) is 35.6 Å².